The Morgan fingerprint density at radius 2 is 2.00 bits per heavy atom. The number of nitrogens with zero attached hydrogens (tertiary/aromatic N) is 1. The smallest absolute Gasteiger partial charge is 0.321 e. The average Bonchev–Trinajstić information content (AvgIpc) is 2.65. The molecule has 1 fully saturated rings. The van der Waals surface area contributed by atoms with Gasteiger partial charge in [0.15, 0.2) is 0 Å². The number of hydrogen-bond acceptors (Lipinski definition) is 1. The van der Waals surface area contributed by atoms with Gasteiger partial charge in [0.1, 0.15) is 0 Å². The molecule has 1 saturated heterocycles. The third-order valence-electron chi connectivity index (χ3n) is 2.00. The molecule has 0 aromatic carbocycles. The molecule has 72 valence electrons. The van der Waals surface area contributed by atoms with Crippen LogP contribution in [0.15, 0.2) is 24.4 Å². The fourth-order valence-corrected chi connectivity index (χ4v) is 1.30. The van der Waals surface area contributed by atoms with Gasteiger partial charge in [-0.05, 0) is 25.8 Å². The number of carbonyl (C=O) groups excluding carboxylic acids is 1. The van der Waals surface area contributed by atoms with E-state index in [0.717, 1.165) is 25.9 Å². The van der Waals surface area contributed by atoms with E-state index in [1.807, 2.05) is 30.1 Å². The molecule has 0 aliphatic carbocycles. The van der Waals surface area contributed by atoms with Gasteiger partial charge in [0.05, 0.1) is 0 Å². The third-order valence-corrected chi connectivity index (χ3v) is 2.00. The lowest BCUT2D eigenvalue weighted by Crippen LogP contribution is -2.34. The molecule has 0 bridgehead atoms. The number of nitrogens with one attached hydrogen (secondary N) is 1. The van der Waals surface area contributed by atoms with Crippen molar-refractivity contribution in [2.75, 3.05) is 13.1 Å². The Bertz CT molecular complexity index is 215. The van der Waals surface area contributed by atoms with Crippen LogP contribution >= 0.6 is 0 Å². The van der Waals surface area contributed by atoms with E-state index in [4.69, 9.17) is 0 Å². The molecule has 1 rings (SSSR count). The first-order chi connectivity index (χ1) is 6.34. The molecule has 0 radical (unpaired) electrons. The summed E-state index contributed by atoms with van der Waals surface area (Å²) in [6.07, 6.45) is 9.54. The second-order valence-electron chi connectivity index (χ2n) is 3.03. The summed E-state index contributed by atoms with van der Waals surface area (Å²) in [5.74, 6) is 0. The van der Waals surface area contributed by atoms with Crippen LogP contribution in [0.1, 0.15) is 19.8 Å². The van der Waals surface area contributed by atoms with Crippen LogP contribution in [0.25, 0.3) is 0 Å². The van der Waals surface area contributed by atoms with E-state index in [-0.39, 0.29) is 6.03 Å². The highest BCUT2D eigenvalue weighted by Crippen LogP contribution is 2.06. The molecule has 1 aliphatic heterocycles. The maximum atomic E-state index is 11.3. The van der Waals surface area contributed by atoms with Crippen molar-refractivity contribution in [3.05, 3.63) is 24.4 Å². The van der Waals surface area contributed by atoms with E-state index in [2.05, 4.69) is 5.32 Å². The lowest BCUT2D eigenvalue weighted by Gasteiger charge is -2.13. The Hall–Kier alpha value is -1.25. The highest BCUT2D eigenvalue weighted by atomic mass is 16.2. The maximum Gasteiger partial charge on any atom is 0.321 e. The predicted octanol–water partition coefficient (Wildman–Crippen LogP) is 1.88. The third kappa shape index (κ3) is 3.32. The average molecular weight is 180 g/mol. The van der Waals surface area contributed by atoms with Gasteiger partial charge in [-0.1, -0.05) is 12.2 Å². The SMILES string of the molecule is CC=CC=CNC(=O)N1CCCC1. The van der Waals surface area contributed by atoms with Crippen molar-refractivity contribution < 1.29 is 4.79 Å². The van der Waals surface area contributed by atoms with E-state index in [1.165, 1.54) is 0 Å². The van der Waals surface area contributed by atoms with Crippen molar-refractivity contribution in [1.82, 2.24) is 10.2 Å². The summed E-state index contributed by atoms with van der Waals surface area (Å²) in [4.78, 5) is 13.2. The van der Waals surface area contributed by atoms with Gasteiger partial charge in [-0.2, -0.15) is 0 Å². The summed E-state index contributed by atoms with van der Waals surface area (Å²) >= 11 is 0. The number of allylic oxidation sites excluding steroid dienone is 3. The molecular formula is C10H16N2O. The quantitative estimate of drug-likeness (QED) is 0.646. The lowest BCUT2D eigenvalue weighted by atomic mass is 10.4. The molecule has 1 heterocycles. The molecule has 13 heavy (non-hydrogen) atoms. The van der Waals surface area contributed by atoms with E-state index in [9.17, 15) is 4.79 Å². The first-order valence-corrected chi connectivity index (χ1v) is 4.68. The van der Waals surface area contributed by atoms with E-state index >= 15 is 0 Å². The summed E-state index contributed by atoms with van der Waals surface area (Å²) < 4.78 is 0. The monoisotopic (exact) mass is 180 g/mol. The van der Waals surface area contributed by atoms with Gasteiger partial charge in [-0.3, -0.25) is 0 Å². The molecule has 1 aliphatic rings. The van der Waals surface area contributed by atoms with Crippen molar-refractivity contribution in [3.8, 4) is 0 Å². The summed E-state index contributed by atoms with van der Waals surface area (Å²) in [6.45, 7) is 3.72. The van der Waals surface area contributed by atoms with Crippen LogP contribution in [-0.2, 0) is 0 Å². The van der Waals surface area contributed by atoms with Gasteiger partial charge < -0.3 is 10.2 Å². The van der Waals surface area contributed by atoms with E-state index < -0.39 is 0 Å². The first-order valence-electron chi connectivity index (χ1n) is 4.68. The van der Waals surface area contributed by atoms with Crippen molar-refractivity contribution >= 4 is 6.03 Å². The van der Waals surface area contributed by atoms with Gasteiger partial charge in [-0.25, -0.2) is 4.79 Å². The second-order valence-corrected chi connectivity index (χ2v) is 3.03. The van der Waals surface area contributed by atoms with Crippen LogP contribution in [-0.4, -0.2) is 24.0 Å². The van der Waals surface area contributed by atoms with Crippen LogP contribution < -0.4 is 5.32 Å². The van der Waals surface area contributed by atoms with Crippen LogP contribution in [0.2, 0.25) is 0 Å². The Balaban J connectivity index is 2.24. The van der Waals surface area contributed by atoms with Crippen molar-refractivity contribution in [3.63, 3.8) is 0 Å². The number of likely N-dealkylation sites (tertiary alicyclic amines) is 1. The Morgan fingerprint density at radius 3 is 2.62 bits per heavy atom. The van der Waals surface area contributed by atoms with Crippen LogP contribution in [0, 0.1) is 0 Å². The van der Waals surface area contributed by atoms with Crippen molar-refractivity contribution in [2.24, 2.45) is 0 Å². The Labute approximate surface area is 79.1 Å². The minimum atomic E-state index is 0.0123. The first kappa shape index (κ1) is 9.84. The van der Waals surface area contributed by atoms with Gasteiger partial charge in [0.25, 0.3) is 0 Å². The van der Waals surface area contributed by atoms with Crippen molar-refractivity contribution in [2.45, 2.75) is 19.8 Å². The van der Waals surface area contributed by atoms with E-state index in [1.54, 1.807) is 6.20 Å². The number of amides is 2. The Morgan fingerprint density at radius 1 is 1.31 bits per heavy atom. The highest BCUT2D eigenvalue weighted by molar-refractivity contribution is 5.75. The number of hydrogen-bond donors (Lipinski definition) is 1. The molecule has 0 atom stereocenters. The van der Waals surface area contributed by atoms with E-state index in [0.29, 0.717) is 0 Å². The molecule has 1 N–H and O–H groups in total. The minimum absolute atomic E-state index is 0.0123. The normalized spacial score (nSPS) is 17.5. The van der Waals surface area contributed by atoms with Gasteiger partial charge in [-0.15, -0.1) is 0 Å². The summed E-state index contributed by atoms with van der Waals surface area (Å²) in [5, 5.41) is 2.71. The predicted molar refractivity (Wildman–Crippen MR) is 53.3 cm³/mol. The number of rotatable bonds is 2. The van der Waals surface area contributed by atoms with Gasteiger partial charge >= 0.3 is 6.03 Å². The molecular weight excluding hydrogens is 164 g/mol. The summed E-state index contributed by atoms with van der Waals surface area (Å²) in [6, 6.07) is 0.0123. The highest BCUT2D eigenvalue weighted by Gasteiger charge is 2.15. The molecule has 0 saturated carbocycles. The topological polar surface area (TPSA) is 32.3 Å². The molecule has 0 aromatic heterocycles. The van der Waals surface area contributed by atoms with Crippen LogP contribution in [0.3, 0.4) is 0 Å². The second kappa shape index (κ2) is 5.41. The van der Waals surface area contributed by atoms with Gasteiger partial charge in [0, 0.05) is 19.3 Å². The summed E-state index contributed by atoms with van der Waals surface area (Å²) in [5.41, 5.74) is 0. The zero-order chi connectivity index (χ0) is 9.52. The lowest BCUT2D eigenvalue weighted by molar-refractivity contribution is 0.212. The van der Waals surface area contributed by atoms with Crippen molar-refractivity contribution in [1.29, 1.82) is 0 Å². The fourth-order valence-electron chi connectivity index (χ4n) is 1.30. The Kier molecular flexibility index (Phi) is 4.09. The number of urea groups is 1. The molecule has 0 spiro atoms. The molecule has 2 amide bonds. The van der Waals surface area contributed by atoms with Crippen LogP contribution in [0.5, 0.6) is 0 Å². The molecule has 0 aromatic rings. The maximum absolute atomic E-state index is 11.3. The fraction of sp³-hybridized carbons (Fsp3) is 0.500. The zero-order valence-corrected chi connectivity index (χ0v) is 7.99. The number of carbonyl (C=O) groups is 1. The van der Waals surface area contributed by atoms with Gasteiger partial charge in [0.2, 0.25) is 0 Å². The summed E-state index contributed by atoms with van der Waals surface area (Å²) in [7, 11) is 0. The minimum Gasteiger partial charge on any atom is -0.325 e. The standard InChI is InChI=1S/C10H16N2O/c1-2-3-4-7-11-10(13)12-8-5-6-9-12/h2-4,7H,5-6,8-9H2,1H3,(H,11,13). The molecule has 3 nitrogen and oxygen atoms in total. The zero-order valence-electron chi connectivity index (χ0n) is 7.99. The molecule has 0 unspecified atom stereocenters. The van der Waals surface area contributed by atoms with Crippen LogP contribution in [0.4, 0.5) is 4.79 Å². The molecule has 3 heteroatoms. The largest absolute Gasteiger partial charge is 0.325 e.